The van der Waals surface area contributed by atoms with E-state index in [0.717, 1.165) is 12.8 Å². The van der Waals surface area contributed by atoms with Gasteiger partial charge in [0.05, 0.1) is 37.9 Å². The molecule has 0 spiro atoms. The van der Waals surface area contributed by atoms with E-state index >= 15 is 0 Å². The third kappa shape index (κ3) is 5.82. The van der Waals surface area contributed by atoms with E-state index in [4.69, 9.17) is 14.2 Å². The smallest absolute Gasteiger partial charge is 0.311 e. The number of ether oxygens (including phenoxy) is 3. The van der Waals surface area contributed by atoms with E-state index in [1.807, 2.05) is 32.0 Å². The molecular formula is C21H32O4. The molecule has 0 saturated carbocycles. The Bertz CT molecular complexity index is 516. The first-order chi connectivity index (χ1) is 12.0. The molecule has 1 aliphatic rings. The predicted molar refractivity (Wildman–Crippen MR) is 98.1 cm³/mol. The second-order valence-electron chi connectivity index (χ2n) is 7.21. The van der Waals surface area contributed by atoms with E-state index in [0.29, 0.717) is 25.7 Å². The van der Waals surface area contributed by atoms with E-state index in [1.54, 1.807) is 0 Å². The van der Waals surface area contributed by atoms with E-state index in [9.17, 15) is 4.79 Å². The van der Waals surface area contributed by atoms with Crippen molar-refractivity contribution in [3.05, 3.63) is 35.9 Å². The summed E-state index contributed by atoms with van der Waals surface area (Å²) in [5.41, 5.74) is 1.18. The highest BCUT2D eigenvalue weighted by Crippen LogP contribution is 2.33. The van der Waals surface area contributed by atoms with Crippen LogP contribution in [0.5, 0.6) is 0 Å². The van der Waals surface area contributed by atoms with Crippen LogP contribution in [0.15, 0.2) is 30.3 Å². The molecule has 0 aliphatic carbocycles. The molecule has 0 N–H and O–H groups in total. The minimum Gasteiger partial charge on any atom is -0.466 e. The lowest BCUT2D eigenvalue weighted by Gasteiger charge is -2.39. The van der Waals surface area contributed by atoms with E-state index < -0.39 is 0 Å². The Hall–Kier alpha value is -1.39. The highest BCUT2D eigenvalue weighted by Gasteiger charge is 2.37. The van der Waals surface area contributed by atoms with Gasteiger partial charge in [-0.3, -0.25) is 4.79 Å². The number of carbonyl (C=O) groups is 1. The van der Waals surface area contributed by atoms with Gasteiger partial charge >= 0.3 is 5.97 Å². The Morgan fingerprint density at radius 3 is 2.64 bits per heavy atom. The van der Waals surface area contributed by atoms with Gasteiger partial charge in [-0.2, -0.15) is 0 Å². The first kappa shape index (κ1) is 19.9. The fourth-order valence-corrected chi connectivity index (χ4v) is 3.52. The molecule has 5 atom stereocenters. The lowest BCUT2D eigenvalue weighted by Crippen LogP contribution is -2.43. The molecule has 1 fully saturated rings. The Morgan fingerprint density at radius 1 is 1.24 bits per heavy atom. The highest BCUT2D eigenvalue weighted by molar-refractivity contribution is 5.72. The average Bonchev–Trinajstić information content (AvgIpc) is 2.62. The standard InChI is InChI=1S/C21H32O4/c1-5-24-21(22)17(4)19-12-11-15(2)20(25-19)16(3)13-23-14-18-9-7-6-8-10-18/h6-10,15-17,19-20H,5,11-14H2,1-4H3/t15-,16-,17-,19-,20+/m0/s1. The summed E-state index contributed by atoms with van der Waals surface area (Å²) < 4.78 is 17.4. The zero-order valence-corrected chi connectivity index (χ0v) is 15.9. The van der Waals surface area contributed by atoms with Crippen LogP contribution in [-0.2, 0) is 25.6 Å². The summed E-state index contributed by atoms with van der Waals surface area (Å²) >= 11 is 0. The molecule has 4 heteroatoms. The quantitative estimate of drug-likeness (QED) is 0.660. The van der Waals surface area contributed by atoms with Gasteiger partial charge in [0.2, 0.25) is 0 Å². The van der Waals surface area contributed by atoms with Crippen molar-refractivity contribution < 1.29 is 19.0 Å². The van der Waals surface area contributed by atoms with Crippen LogP contribution in [0, 0.1) is 17.8 Å². The van der Waals surface area contributed by atoms with Crippen LogP contribution < -0.4 is 0 Å². The molecule has 2 rings (SSSR count). The molecule has 0 amide bonds. The number of benzene rings is 1. The molecule has 1 aliphatic heterocycles. The molecule has 4 nitrogen and oxygen atoms in total. The molecule has 1 aromatic carbocycles. The van der Waals surface area contributed by atoms with Gasteiger partial charge < -0.3 is 14.2 Å². The van der Waals surface area contributed by atoms with Gasteiger partial charge in [-0.1, -0.05) is 44.2 Å². The van der Waals surface area contributed by atoms with Crippen LogP contribution in [0.3, 0.4) is 0 Å². The summed E-state index contributed by atoms with van der Waals surface area (Å²) in [6, 6.07) is 10.2. The van der Waals surface area contributed by atoms with Crippen molar-refractivity contribution in [1.82, 2.24) is 0 Å². The van der Waals surface area contributed by atoms with Gasteiger partial charge in [0.25, 0.3) is 0 Å². The van der Waals surface area contributed by atoms with Crippen molar-refractivity contribution in [2.24, 2.45) is 17.8 Å². The minimum atomic E-state index is -0.215. The van der Waals surface area contributed by atoms with Gasteiger partial charge in [-0.15, -0.1) is 0 Å². The number of rotatable bonds is 8. The number of esters is 1. The summed E-state index contributed by atoms with van der Waals surface area (Å²) in [6.45, 7) is 9.83. The molecular weight excluding hydrogens is 316 g/mol. The lowest BCUT2D eigenvalue weighted by atomic mass is 9.84. The molecule has 0 radical (unpaired) electrons. The fourth-order valence-electron chi connectivity index (χ4n) is 3.52. The summed E-state index contributed by atoms with van der Waals surface area (Å²) in [4.78, 5) is 12.0. The molecule has 0 bridgehead atoms. The van der Waals surface area contributed by atoms with E-state index in [1.165, 1.54) is 5.56 Å². The van der Waals surface area contributed by atoms with Crippen molar-refractivity contribution >= 4 is 5.97 Å². The van der Waals surface area contributed by atoms with Crippen LogP contribution in [0.2, 0.25) is 0 Å². The minimum absolute atomic E-state index is 0.0585. The fraction of sp³-hybridized carbons (Fsp3) is 0.667. The second-order valence-corrected chi connectivity index (χ2v) is 7.21. The van der Waals surface area contributed by atoms with E-state index in [-0.39, 0.29) is 30.0 Å². The summed E-state index contributed by atoms with van der Waals surface area (Å²) in [5, 5.41) is 0. The number of hydrogen-bond acceptors (Lipinski definition) is 4. The maximum absolute atomic E-state index is 12.0. The highest BCUT2D eigenvalue weighted by atomic mass is 16.5. The number of hydrogen-bond donors (Lipinski definition) is 0. The van der Waals surface area contributed by atoms with Crippen molar-refractivity contribution in [2.75, 3.05) is 13.2 Å². The van der Waals surface area contributed by atoms with Gasteiger partial charge in [0, 0.05) is 5.92 Å². The van der Waals surface area contributed by atoms with Gasteiger partial charge in [-0.05, 0) is 38.2 Å². The second kappa shape index (κ2) is 9.93. The molecule has 1 heterocycles. The van der Waals surface area contributed by atoms with E-state index in [2.05, 4.69) is 26.0 Å². The first-order valence-corrected chi connectivity index (χ1v) is 9.46. The Balaban J connectivity index is 1.84. The van der Waals surface area contributed by atoms with Crippen molar-refractivity contribution in [3.8, 4) is 0 Å². The summed E-state index contributed by atoms with van der Waals surface area (Å²) in [7, 11) is 0. The van der Waals surface area contributed by atoms with Crippen molar-refractivity contribution in [3.63, 3.8) is 0 Å². The Labute approximate surface area is 151 Å². The molecule has 1 aromatic rings. The normalized spacial score (nSPS) is 26.0. The zero-order chi connectivity index (χ0) is 18.2. The SMILES string of the molecule is CCOC(=O)[C@@H](C)[C@@H]1CC[C@H](C)[C@H]([C@@H](C)COCc2ccccc2)O1. The monoisotopic (exact) mass is 348 g/mol. The predicted octanol–water partition coefficient (Wildman–Crippen LogP) is 4.22. The average molecular weight is 348 g/mol. The summed E-state index contributed by atoms with van der Waals surface area (Å²) in [6.07, 6.45) is 2.04. The first-order valence-electron chi connectivity index (χ1n) is 9.46. The molecule has 140 valence electrons. The maximum atomic E-state index is 12.0. The third-order valence-electron chi connectivity index (χ3n) is 5.07. The Kier molecular flexibility index (Phi) is 7.91. The van der Waals surface area contributed by atoms with Crippen LogP contribution >= 0.6 is 0 Å². The van der Waals surface area contributed by atoms with Gasteiger partial charge in [0.1, 0.15) is 0 Å². The van der Waals surface area contributed by atoms with Crippen molar-refractivity contribution in [1.29, 1.82) is 0 Å². The van der Waals surface area contributed by atoms with Gasteiger partial charge in [0.15, 0.2) is 0 Å². The van der Waals surface area contributed by atoms with Crippen LogP contribution in [0.4, 0.5) is 0 Å². The molecule has 25 heavy (non-hydrogen) atoms. The van der Waals surface area contributed by atoms with Crippen LogP contribution in [0.1, 0.15) is 46.1 Å². The zero-order valence-electron chi connectivity index (χ0n) is 15.9. The largest absolute Gasteiger partial charge is 0.466 e. The molecule has 0 unspecified atom stereocenters. The molecule has 1 saturated heterocycles. The number of carbonyl (C=O) groups excluding carboxylic acids is 1. The van der Waals surface area contributed by atoms with Gasteiger partial charge in [-0.25, -0.2) is 0 Å². The Morgan fingerprint density at radius 2 is 1.96 bits per heavy atom. The van der Waals surface area contributed by atoms with Crippen molar-refractivity contribution in [2.45, 2.75) is 59.4 Å². The van der Waals surface area contributed by atoms with Crippen LogP contribution in [-0.4, -0.2) is 31.4 Å². The maximum Gasteiger partial charge on any atom is 0.311 e. The topological polar surface area (TPSA) is 44.8 Å². The third-order valence-corrected chi connectivity index (χ3v) is 5.07. The lowest BCUT2D eigenvalue weighted by molar-refractivity contribution is -0.166. The summed E-state index contributed by atoms with van der Waals surface area (Å²) in [5.74, 6) is 0.387. The van der Waals surface area contributed by atoms with Crippen LogP contribution in [0.25, 0.3) is 0 Å². The molecule has 0 aromatic heterocycles.